The van der Waals surface area contributed by atoms with Crippen LogP contribution >= 0.6 is 11.6 Å². The molecule has 1 heterocycles. The number of hydrogen-bond acceptors (Lipinski definition) is 4. The third-order valence-corrected chi connectivity index (χ3v) is 7.00. The standard InChI is InChI=1S/C23H26ClFN4O3S/c1-14(23(2,3)4)26-22(30)21-20(28-33(31,32)18-12-8-16(24)9-13-18)19(27-29(21)5)15-6-10-17(25)11-7-15/h6-14,28H,1-5H3,(H,26,30)/t14-/m0/s1. The molecule has 2 N–H and O–H groups in total. The molecule has 0 aliphatic rings. The summed E-state index contributed by atoms with van der Waals surface area (Å²) >= 11 is 5.88. The number of carbonyl (C=O) groups excluding carboxylic acids is 1. The molecule has 0 fully saturated rings. The molecule has 0 spiro atoms. The molecule has 0 radical (unpaired) electrons. The van der Waals surface area contributed by atoms with Crippen molar-refractivity contribution in [1.82, 2.24) is 15.1 Å². The van der Waals surface area contributed by atoms with Gasteiger partial charge in [-0.05, 0) is 60.9 Å². The Bertz CT molecular complexity index is 1260. The summed E-state index contributed by atoms with van der Waals surface area (Å²) in [6.45, 7) is 7.81. The number of nitrogens with zero attached hydrogens (tertiary/aromatic N) is 2. The maximum absolute atomic E-state index is 13.5. The third kappa shape index (κ3) is 5.54. The van der Waals surface area contributed by atoms with E-state index in [-0.39, 0.29) is 33.4 Å². The van der Waals surface area contributed by atoms with Gasteiger partial charge in [-0.3, -0.25) is 14.2 Å². The summed E-state index contributed by atoms with van der Waals surface area (Å²) in [6.07, 6.45) is 0. The Morgan fingerprint density at radius 3 is 2.21 bits per heavy atom. The average molecular weight is 493 g/mol. The lowest BCUT2D eigenvalue weighted by Gasteiger charge is -2.28. The summed E-state index contributed by atoms with van der Waals surface area (Å²) < 4.78 is 43.6. The summed E-state index contributed by atoms with van der Waals surface area (Å²) in [5, 5.41) is 7.68. The van der Waals surface area contributed by atoms with Crippen molar-refractivity contribution in [3.05, 3.63) is 65.1 Å². The number of carbonyl (C=O) groups is 1. The van der Waals surface area contributed by atoms with E-state index in [1.165, 1.54) is 53.2 Å². The number of nitrogens with one attached hydrogen (secondary N) is 2. The highest BCUT2D eigenvalue weighted by Gasteiger charge is 2.30. The van der Waals surface area contributed by atoms with Gasteiger partial charge in [0.25, 0.3) is 15.9 Å². The molecule has 0 bridgehead atoms. The molecule has 10 heteroatoms. The maximum atomic E-state index is 13.5. The number of halogens is 2. The van der Waals surface area contributed by atoms with Crippen LogP contribution in [0.2, 0.25) is 5.02 Å². The van der Waals surface area contributed by atoms with Gasteiger partial charge >= 0.3 is 0 Å². The molecule has 1 amide bonds. The predicted octanol–water partition coefficient (Wildman–Crippen LogP) is 4.84. The number of aryl methyl sites for hydroxylation is 1. The minimum Gasteiger partial charge on any atom is -0.348 e. The molecule has 0 saturated heterocycles. The minimum atomic E-state index is -4.08. The molecule has 0 unspecified atom stereocenters. The topological polar surface area (TPSA) is 93.1 Å². The number of amides is 1. The number of anilines is 1. The lowest BCUT2D eigenvalue weighted by Crippen LogP contribution is -2.42. The number of hydrogen-bond donors (Lipinski definition) is 2. The van der Waals surface area contributed by atoms with Crippen LogP contribution in [0.4, 0.5) is 10.1 Å². The first kappa shape index (κ1) is 24.7. The molecule has 0 aliphatic heterocycles. The van der Waals surface area contributed by atoms with Crippen LogP contribution in [0.3, 0.4) is 0 Å². The number of sulfonamides is 1. The van der Waals surface area contributed by atoms with Gasteiger partial charge in [0.15, 0.2) is 5.69 Å². The van der Waals surface area contributed by atoms with E-state index in [0.717, 1.165) is 0 Å². The lowest BCUT2D eigenvalue weighted by atomic mass is 9.88. The van der Waals surface area contributed by atoms with Crippen LogP contribution in [0.15, 0.2) is 53.4 Å². The molecular formula is C23H26ClFN4O3S. The van der Waals surface area contributed by atoms with Gasteiger partial charge in [0, 0.05) is 23.7 Å². The van der Waals surface area contributed by atoms with Crippen molar-refractivity contribution in [3.8, 4) is 11.3 Å². The highest BCUT2D eigenvalue weighted by Crippen LogP contribution is 2.33. The quantitative estimate of drug-likeness (QED) is 0.514. The number of rotatable bonds is 6. The molecule has 2 aromatic carbocycles. The Hall–Kier alpha value is -2.91. The Balaban J connectivity index is 2.12. The van der Waals surface area contributed by atoms with Crippen molar-refractivity contribution in [1.29, 1.82) is 0 Å². The van der Waals surface area contributed by atoms with Gasteiger partial charge in [0.1, 0.15) is 17.2 Å². The smallest absolute Gasteiger partial charge is 0.271 e. The highest BCUT2D eigenvalue weighted by atomic mass is 35.5. The van der Waals surface area contributed by atoms with Crippen molar-refractivity contribution >= 4 is 33.2 Å². The average Bonchev–Trinajstić information content (AvgIpc) is 3.03. The van der Waals surface area contributed by atoms with Crippen molar-refractivity contribution in [2.45, 2.75) is 38.6 Å². The van der Waals surface area contributed by atoms with E-state index >= 15 is 0 Å². The minimum absolute atomic E-state index is 0.00216. The Morgan fingerprint density at radius 2 is 1.67 bits per heavy atom. The molecular weight excluding hydrogens is 467 g/mol. The first-order chi connectivity index (χ1) is 15.3. The molecule has 33 heavy (non-hydrogen) atoms. The van der Waals surface area contributed by atoms with Crippen LogP contribution in [-0.4, -0.2) is 30.1 Å². The first-order valence-electron chi connectivity index (χ1n) is 10.2. The molecule has 3 aromatic rings. The van der Waals surface area contributed by atoms with E-state index in [9.17, 15) is 17.6 Å². The zero-order valence-electron chi connectivity index (χ0n) is 19.0. The second-order valence-electron chi connectivity index (χ2n) is 8.82. The van der Waals surface area contributed by atoms with E-state index in [1.54, 1.807) is 7.05 Å². The van der Waals surface area contributed by atoms with Crippen molar-refractivity contribution in [2.75, 3.05) is 4.72 Å². The van der Waals surface area contributed by atoms with E-state index in [1.807, 2.05) is 27.7 Å². The van der Waals surface area contributed by atoms with Crippen LogP contribution in [0.5, 0.6) is 0 Å². The van der Waals surface area contributed by atoms with Crippen molar-refractivity contribution in [2.24, 2.45) is 12.5 Å². The summed E-state index contributed by atoms with van der Waals surface area (Å²) in [5.74, 6) is -0.940. The third-order valence-electron chi connectivity index (χ3n) is 5.39. The molecule has 0 saturated carbocycles. The van der Waals surface area contributed by atoms with Crippen LogP contribution in [-0.2, 0) is 17.1 Å². The van der Waals surface area contributed by atoms with Crippen LogP contribution in [0.1, 0.15) is 38.2 Å². The van der Waals surface area contributed by atoms with Gasteiger partial charge in [-0.25, -0.2) is 12.8 Å². The van der Waals surface area contributed by atoms with E-state index in [0.29, 0.717) is 10.6 Å². The van der Waals surface area contributed by atoms with Crippen LogP contribution in [0, 0.1) is 11.2 Å². The fourth-order valence-electron chi connectivity index (χ4n) is 2.98. The molecule has 3 rings (SSSR count). The summed E-state index contributed by atoms with van der Waals surface area (Å²) in [4.78, 5) is 13.2. The van der Waals surface area contributed by atoms with Gasteiger partial charge in [-0.2, -0.15) is 5.10 Å². The highest BCUT2D eigenvalue weighted by molar-refractivity contribution is 7.92. The maximum Gasteiger partial charge on any atom is 0.271 e. The molecule has 7 nitrogen and oxygen atoms in total. The van der Waals surface area contributed by atoms with E-state index in [4.69, 9.17) is 11.6 Å². The van der Waals surface area contributed by atoms with Crippen molar-refractivity contribution < 1.29 is 17.6 Å². The van der Waals surface area contributed by atoms with Gasteiger partial charge in [0.05, 0.1) is 4.90 Å². The van der Waals surface area contributed by atoms with Crippen LogP contribution < -0.4 is 10.0 Å². The summed E-state index contributed by atoms with van der Waals surface area (Å²) in [7, 11) is -2.54. The Labute approximate surface area is 198 Å². The van der Waals surface area contributed by atoms with Gasteiger partial charge < -0.3 is 5.32 Å². The largest absolute Gasteiger partial charge is 0.348 e. The van der Waals surface area contributed by atoms with Crippen LogP contribution in [0.25, 0.3) is 11.3 Å². The van der Waals surface area contributed by atoms with Gasteiger partial charge in [-0.15, -0.1) is 0 Å². The fraction of sp³-hybridized carbons (Fsp3) is 0.304. The molecule has 1 aromatic heterocycles. The Morgan fingerprint density at radius 1 is 1.09 bits per heavy atom. The summed E-state index contributed by atoms with van der Waals surface area (Å²) in [6, 6.07) is 10.8. The number of benzene rings is 2. The lowest BCUT2D eigenvalue weighted by molar-refractivity contribution is 0.0901. The fourth-order valence-corrected chi connectivity index (χ4v) is 4.18. The second kappa shape index (κ2) is 9.15. The summed E-state index contributed by atoms with van der Waals surface area (Å²) in [5.41, 5.74) is 0.449. The van der Waals surface area contributed by atoms with E-state index < -0.39 is 21.7 Å². The van der Waals surface area contributed by atoms with Gasteiger partial charge in [-0.1, -0.05) is 32.4 Å². The molecule has 176 valence electrons. The molecule has 0 aliphatic carbocycles. The monoisotopic (exact) mass is 492 g/mol. The Kier molecular flexibility index (Phi) is 6.85. The second-order valence-corrected chi connectivity index (χ2v) is 10.9. The zero-order valence-corrected chi connectivity index (χ0v) is 20.6. The SMILES string of the molecule is C[C@H](NC(=O)c1c(NS(=O)(=O)c2ccc(Cl)cc2)c(-c2ccc(F)cc2)nn1C)C(C)(C)C. The zero-order chi connectivity index (χ0) is 24.6. The van der Waals surface area contributed by atoms with Crippen molar-refractivity contribution in [3.63, 3.8) is 0 Å². The van der Waals surface area contributed by atoms with E-state index in [2.05, 4.69) is 15.1 Å². The first-order valence-corrected chi connectivity index (χ1v) is 12.1. The molecule has 1 atom stereocenters. The predicted molar refractivity (Wildman–Crippen MR) is 127 cm³/mol. The normalized spacial score (nSPS) is 12.9. The van der Waals surface area contributed by atoms with Gasteiger partial charge in [0.2, 0.25) is 0 Å². The number of aromatic nitrogens is 2.